The Hall–Kier alpha value is -3.17. The van der Waals surface area contributed by atoms with E-state index in [0.29, 0.717) is 28.9 Å². The minimum Gasteiger partial charge on any atom is -0.364 e. The fourth-order valence-corrected chi connectivity index (χ4v) is 5.72. The van der Waals surface area contributed by atoms with Crippen LogP contribution in [0.15, 0.2) is 35.5 Å². The van der Waals surface area contributed by atoms with Gasteiger partial charge in [0, 0.05) is 24.8 Å². The molecule has 0 bridgehead atoms. The fourth-order valence-electron chi connectivity index (χ4n) is 5.04. The standard InChI is InChI=1S/C25H26F3N7OS/c1-33-11-9-24(12-17(24)15-33)31-21-6-2-5-20-22(37-25(26,27)28)19(32-35(20)21)4-3-10-29-23(36)16-13-30-34(14-16)18-7-8-18/h2,5-6,13-14,17-18,31H,7-12,15H2,1H3,(H,29,36). The van der Waals surface area contributed by atoms with E-state index in [9.17, 15) is 18.0 Å². The quantitative estimate of drug-likeness (QED) is 0.374. The van der Waals surface area contributed by atoms with Crippen LogP contribution in [-0.4, -0.2) is 67.9 Å². The lowest BCUT2D eigenvalue weighted by Gasteiger charge is -2.30. The molecule has 1 amide bonds. The highest BCUT2D eigenvalue weighted by atomic mass is 32.2. The maximum absolute atomic E-state index is 13.4. The van der Waals surface area contributed by atoms with Crippen LogP contribution in [0, 0.1) is 17.8 Å². The molecule has 3 aromatic heterocycles. The van der Waals surface area contributed by atoms with Crippen LogP contribution < -0.4 is 10.6 Å². The first-order valence-electron chi connectivity index (χ1n) is 12.3. The summed E-state index contributed by atoms with van der Waals surface area (Å²) in [5, 5.41) is 14.9. The van der Waals surface area contributed by atoms with Gasteiger partial charge in [0.25, 0.3) is 5.91 Å². The van der Waals surface area contributed by atoms with E-state index in [1.807, 2.05) is 6.07 Å². The zero-order valence-electron chi connectivity index (χ0n) is 20.2. The Morgan fingerprint density at radius 3 is 2.92 bits per heavy atom. The summed E-state index contributed by atoms with van der Waals surface area (Å²) >= 11 is -0.218. The number of piperidine rings is 1. The molecule has 0 radical (unpaired) electrons. The van der Waals surface area contributed by atoms with E-state index < -0.39 is 5.51 Å². The first-order valence-corrected chi connectivity index (χ1v) is 13.1. The molecule has 2 N–H and O–H groups in total. The number of aromatic nitrogens is 4. The number of likely N-dealkylation sites (tertiary alicyclic amines) is 1. The highest BCUT2D eigenvalue weighted by Gasteiger charge is 2.56. The number of carbonyl (C=O) groups is 1. The molecule has 3 aliphatic rings. The highest BCUT2D eigenvalue weighted by molar-refractivity contribution is 8.00. The summed E-state index contributed by atoms with van der Waals surface area (Å²) in [5.41, 5.74) is -3.73. The molecule has 12 heteroatoms. The number of halogens is 3. The molecule has 2 saturated carbocycles. The molecule has 0 spiro atoms. The molecular weight excluding hydrogens is 503 g/mol. The third-order valence-corrected chi connectivity index (χ3v) is 8.08. The SMILES string of the molecule is CN1CCC2(Nc3cccc4c(SC(F)(F)F)c(C#CCNC(=O)c5cnn(C6CC6)c5)nn34)CC2C1. The largest absolute Gasteiger partial charge is 0.446 e. The van der Waals surface area contributed by atoms with Crippen LogP contribution in [0.1, 0.15) is 47.8 Å². The second-order valence-corrected chi connectivity index (χ2v) is 11.1. The zero-order chi connectivity index (χ0) is 25.8. The molecule has 2 unspecified atom stereocenters. The van der Waals surface area contributed by atoms with Crippen LogP contribution in [0.5, 0.6) is 0 Å². The molecule has 6 rings (SSSR count). The number of carbonyl (C=O) groups excluding carboxylic acids is 1. The van der Waals surface area contributed by atoms with Gasteiger partial charge in [-0.05, 0) is 68.5 Å². The van der Waals surface area contributed by atoms with Gasteiger partial charge in [0.05, 0.1) is 34.8 Å². The van der Waals surface area contributed by atoms with E-state index in [1.165, 1.54) is 10.7 Å². The average molecular weight is 530 g/mol. The van der Waals surface area contributed by atoms with Gasteiger partial charge in [0.2, 0.25) is 0 Å². The molecule has 4 heterocycles. The lowest BCUT2D eigenvalue weighted by atomic mass is 10.1. The van der Waals surface area contributed by atoms with E-state index in [2.05, 4.69) is 44.6 Å². The van der Waals surface area contributed by atoms with Crippen LogP contribution in [0.25, 0.3) is 5.52 Å². The second kappa shape index (κ2) is 8.99. The number of nitrogens with zero attached hydrogens (tertiary/aromatic N) is 5. The number of anilines is 1. The Labute approximate surface area is 215 Å². The van der Waals surface area contributed by atoms with E-state index in [4.69, 9.17) is 0 Å². The van der Waals surface area contributed by atoms with Crippen molar-refractivity contribution in [1.29, 1.82) is 0 Å². The third-order valence-electron chi connectivity index (χ3n) is 7.24. The minimum atomic E-state index is -4.49. The molecule has 1 saturated heterocycles. The van der Waals surface area contributed by atoms with E-state index in [-0.39, 0.29) is 40.3 Å². The molecule has 2 aliphatic carbocycles. The van der Waals surface area contributed by atoms with Gasteiger partial charge in [-0.3, -0.25) is 9.48 Å². The maximum Gasteiger partial charge on any atom is 0.446 e. The first kappa shape index (κ1) is 24.2. The van der Waals surface area contributed by atoms with Crippen molar-refractivity contribution in [2.75, 3.05) is 32.0 Å². The molecule has 3 aromatic rings. The van der Waals surface area contributed by atoms with Gasteiger partial charge in [-0.1, -0.05) is 12.0 Å². The summed E-state index contributed by atoms with van der Waals surface area (Å²) in [6, 6.07) is 5.56. The van der Waals surface area contributed by atoms with Crippen LogP contribution in [0.4, 0.5) is 19.0 Å². The number of fused-ring (bicyclic) bond motifs is 2. The van der Waals surface area contributed by atoms with E-state index in [1.54, 1.807) is 23.0 Å². The van der Waals surface area contributed by atoms with E-state index >= 15 is 0 Å². The molecule has 2 atom stereocenters. The number of nitrogens with one attached hydrogen (secondary N) is 2. The summed E-state index contributed by atoms with van der Waals surface area (Å²) in [6.07, 6.45) is 7.32. The van der Waals surface area contributed by atoms with Crippen molar-refractivity contribution in [3.05, 3.63) is 41.9 Å². The number of rotatable bonds is 6. The average Bonchev–Trinajstić information content (AvgIpc) is 3.73. The third kappa shape index (κ3) is 5.02. The van der Waals surface area contributed by atoms with Crippen LogP contribution in [0.2, 0.25) is 0 Å². The normalized spacial score (nSPS) is 23.3. The van der Waals surface area contributed by atoms with Crippen molar-refractivity contribution in [2.45, 2.75) is 47.7 Å². The molecule has 0 aromatic carbocycles. The summed E-state index contributed by atoms with van der Waals surface area (Å²) in [6.45, 7) is 1.94. The van der Waals surface area contributed by atoms with Gasteiger partial charge >= 0.3 is 5.51 Å². The Kier molecular flexibility index (Phi) is 5.88. The molecule has 3 fully saturated rings. The van der Waals surface area contributed by atoms with Gasteiger partial charge in [-0.15, -0.1) is 0 Å². The second-order valence-electron chi connectivity index (χ2n) is 10.1. The monoisotopic (exact) mass is 529 g/mol. The van der Waals surface area contributed by atoms with Crippen molar-refractivity contribution in [3.63, 3.8) is 0 Å². The summed E-state index contributed by atoms with van der Waals surface area (Å²) in [5.74, 6) is 6.35. The Bertz CT molecular complexity index is 1420. The van der Waals surface area contributed by atoms with Gasteiger partial charge < -0.3 is 15.5 Å². The van der Waals surface area contributed by atoms with Gasteiger partial charge in [0.1, 0.15) is 11.5 Å². The molecule has 37 heavy (non-hydrogen) atoms. The van der Waals surface area contributed by atoms with Gasteiger partial charge in [-0.25, -0.2) is 4.52 Å². The molecular formula is C25H26F3N7OS. The molecule has 8 nitrogen and oxygen atoms in total. The Morgan fingerprint density at radius 1 is 1.32 bits per heavy atom. The van der Waals surface area contributed by atoms with Crippen molar-refractivity contribution < 1.29 is 18.0 Å². The summed E-state index contributed by atoms with van der Waals surface area (Å²) in [4.78, 5) is 14.6. The zero-order valence-corrected chi connectivity index (χ0v) is 21.0. The van der Waals surface area contributed by atoms with E-state index in [0.717, 1.165) is 38.8 Å². The number of thioether (sulfide) groups is 1. The lowest BCUT2D eigenvalue weighted by molar-refractivity contribution is -0.0327. The smallest absolute Gasteiger partial charge is 0.364 e. The van der Waals surface area contributed by atoms with Crippen molar-refractivity contribution >= 4 is 29.0 Å². The summed E-state index contributed by atoms with van der Waals surface area (Å²) in [7, 11) is 2.10. The van der Waals surface area contributed by atoms with Gasteiger partial charge in [-0.2, -0.15) is 23.4 Å². The number of alkyl halides is 3. The number of hydrogen-bond acceptors (Lipinski definition) is 6. The Morgan fingerprint density at radius 2 is 2.16 bits per heavy atom. The minimum absolute atomic E-state index is 0.0269. The van der Waals surface area contributed by atoms with Crippen molar-refractivity contribution in [1.82, 2.24) is 29.6 Å². The maximum atomic E-state index is 13.4. The van der Waals surface area contributed by atoms with Crippen LogP contribution in [-0.2, 0) is 0 Å². The molecule has 194 valence electrons. The fraction of sp³-hybridized carbons (Fsp3) is 0.480. The number of hydrogen-bond donors (Lipinski definition) is 2. The van der Waals surface area contributed by atoms with Crippen LogP contribution >= 0.6 is 11.8 Å². The van der Waals surface area contributed by atoms with Gasteiger partial charge in [0.15, 0.2) is 0 Å². The molecule has 1 aliphatic heterocycles. The topological polar surface area (TPSA) is 79.5 Å². The first-order chi connectivity index (χ1) is 17.7. The summed E-state index contributed by atoms with van der Waals surface area (Å²) < 4.78 is 43.6. The predicted molar refractivity (Wildman–Crippen MR) is 133 cm³/mol. The van der Waals surface area contributed by atoms with Crippen LogP contribution in [0.3, 0.4) is 0 Å². The van der Waals surface area contributed by atoms with Crippen molar-refractivity contribution in [3.8, 4) is 11.8 Å². The lowest BCUT2D eigenvalue weighted by Crippen LogP contribution is -2.39. The Balaban J connectivity index is 1.22. The number of amides is 1. The predicted octanol–water partition coefficient (Wildman–Crippen LogP) is 3.77. The highest BCUT2D eigenvalue weighted by Crippen LogP contribution is 2.51. The number of pyridine rings is 1. The van der Waals surface area contributed by atoms with Crippen molar-refractivity contribution in [2.24, 2.45) is 5.92 Å².